The molecular formula is C25H25ClN2O5S. The van der Waals surface area contributed by atoms with Gasteiger partial charge in [0.2, 0.25) is 5.91 Å². The van der Waals surface area contributed by atoms with Gasteiger partial charge in [-0.2, -0.15) is 0 Å². The Bertz CT molecular complexity index is 1310. The first-order chi connectivity index (χ1) is 16.1. The number of halogens is 1. The third-order valence-electron chi connectivity index (χ3n) is 5.06. The molecule has 178 valence electrons. The van der Waals surface area contributed by atoms with Crippen LogP contribution < -0.4 is 9.62 Å². The SMILES string of the molecule is CCOC(=O)c1cccc(NC(=O)CN(c2cccc(Cl)c2C)S(=O)(=O)c2ccc(C)cc2)c1. The fourth-order valence-electron chi connectivity index (χ4n) is 3.27. The van der Waals surface area contributed by atoms with Gasteiger partial charge in [0.1, 0.15) is 6.54 Å². The number of benzene rings is 3. The molecule has 0 aliphatic carbocycles. The minimum atomic E-state index is -4.09. The summed E-state index contributed by atoms with van der Waals surface area (Å²) in [7, 11) is -4.09. The number of amides is 1. The molecule has 0 atom stereocenters. The number of anilines is 2. The molecule has 7 nitrogen and oxygen atoms in total. The summed E-state index contributed by atoms with van der Waals surface area (Å²) >= 11 is 6.25. The first-order valence-electron chi connectivity index (χ1n) is 10.5. The number of carbonyl (C=O) groups is 2. The largest absolute Gasteiger partial charge is 0.462 e. The van der Waals surface area contributed by atoms with Gasteiger partial charge in [0, 0.05) is 10.7 Å². The van der Waals surface area contributed by atoms with Gasteiger partial charge in [-0.05, 0) is 68.8 Å². The number of sulfonamides is 1. The summed E-state index contributed by atoms with van der Waals surface area (Å²) in [6.07, 6.45) is 0. The first-order valence-corrected chi connectivity index (χ1v) is 12.4. The number of carbonyl (C=O) groups excluding carboxylic acids is 2. The van der Waals surface area contributed by atoms with Crippen molar-refractivity contribution in [3.8, 4) is 0 Å². The van der Waals surface area contributed by atoms with E-state index < -0.39 is 28.4 Å². The minimum Gasteiger partial charge on any atom is -0.462 e. The molecule has 1 N–H and O–H groups in total. The molecule has 1 amide bonds. The number of esters is 1. The molecule has 0 radical (unpaired) electrons. The summed E-state index contributed by atoms with van der Waals surface area (Å²) in [4.78, 5) is 25.0. The topological polar surface area (TPSA) is 92.8 Å². The van der Waals surface area contributed by atoms with E-state index in [0.29, 0.717) is 22.0 Å². The van der Waals surface area contributed by atoms with Crippen LogP contribution in [0.2, 0.25) is 5.02 Å². The van der Waals surface area contributed by atoms with Gasteiger partial charge in [-0.1, -0.05) is 41.4 Å². The molecule has 3 aromatic rings. The zero-order chi connectivity index (χ0) is 24.9. The molecule has 0 aliphatic rings. The van der Waals surface area contributed by atoms with Crippen LogP contribution in [0.15, 0.2) is 71.6 Å². The molecule has 0 aliphatic heterocycles. The Hall–Kier alpha value is -3.36. The molecule has 3 rings (SSSR count). The second-order valence-corrected chi connectivity index (χ2v) is 9.83. The molecule has 0 saturated carbocycles. The highest BCUT2D eigenvalue weighted by Gasteiger charge is 2.29. The van der Waals surface area contributed by atoms with E-state index in [-0.39, 0.29) is 17.1 Å². The zero-order valence-corrected chi connectivity index (χ0v) is 20.6. The number of rotatable bonds is 8. The van der Waals surface area contributed by atoms with Gasteiger partial charge < -0.3 is 10.1 Å². The van der Waals surface area contributed by atoms with Crippen LogP contribution in [0.4, 0.5) is 11.4 Å². The molecule has 3 aromatic carbocycles. The van der Waals surface area contributed by atoms with Crippen LogP contribution in [0.1, 0.15) is 28.4 Å². The summed E-state index contributed by atoms with van der Waals surface area (Å²) in [6, 6.07) is 17.5. The first kappa shape index (κ1) is 25.3. The van der Waals surface area contributed by atoms with Crippen molar-refractivity contribution in [2.75, 3.05) is 22.8 Å². The molecule has 34 heavy (non-hydrogen) atoms. The Labute approximate surface area is 204 Å². The summed E-state index contributed by atoms with van der Waals surface area (Å²) < 4.78 is 33.1. The van der Waals surface area contributed by atoms with Gasteiger partial charge >= 0.3 is 5.97 Å². The summed E-state index contributed by atoms with van der Waals surface area (Å²) in [5, 5.41) is 3.04. The van der Waals surface area contributed by atoms with Crippen LogP contribution in [0.5, 0.6) is 0 Å². The second kappa shape index (κ2) is 10.7. The van der Waals surface area contributed by atoms with Crippen molar-refractivity contribution < 1.29 is 22.7 Å². The maximum atomic E-state index is 13.6. The van der Waals surface area contributed by atoms with Gasteiger partial charge in [0.15, 0.2) is 0 Å². The highest BCUT2D eigenvalue weighted by Crippen LogP contribution is 2.31. The molecule has 0 fully saturated rings. The Morgan fingerprint density at radius 3 is 2.35 bits per heavy atom. The Balaban J connectivity index is 1.94. The van der Waals surface area contributed by atoms with Crippen LogP contribution in [0.3, 0.4) is 0 Å². The fourth-order valence-corrected chi connectivity index (χ4v) is 4.92. The summed E-state index contributed by atoms with van der Waals surface area (Å²) in [5.41, 5.74) is 2.34. The van der Waals surface area contributed by atoms with Crippen LogP contribution in [0, 0.1) is 13.8 Å². The van der Waals surface area contributed by atoms with Crippen LogP contribution in [-0.4, -0.2) is 33.4 Å². The lowest BCUT2D eigenvalue weighted by molar-refractivity contribution is -0.114. The van der Waals surface area contributed by atoms with E-state index >= 15 is 0 Å². The van der Waals surface area contributed by atoms with E-state index in [0.717, 1.165) is 9.87 Å². The van der Waals surface area contributed by atoms with Crippen LogP contribution in [0.25, 0.3) is 0 Å². The van der Waals surface area contributed by atoms with Gasteiger partial charge in [0.25, 0.3) is 10.0 Å². The average molecular weight is 501 g/mol. The number of hydrogen-bond donors (Lipinski definition) is 1. The molecule has 9 heteroatoms. The third kappa shape index (κ3) is 5.76. The molecule has 0 heterocycles. The zero-order valence-electron chi connectivity index (χ0n) is 19.0. The predicted octanol–water partition coefficient (Wildman–Crippen LogP) is 4.97. The van der Waals surface area contributed by atoms with Gasteiger partial charge in [-0.3, -0.25) is 9.10 Å². The molecule has 0 spiro atoms. The Morgan fingerprint density at radius 1 is 1.00 bits per heavy atom. The van der Waals surface area contributed by atoms with E-state index in [1.807, 2.05) is 6.92 Å². The highest BCUT2D eigenvalue weighted by molar-refractivity contribution is 7.92. The van der Waals surface area contributed by atoms with Gasteiger partial charge in [-0.25, -0.2) is 13.2 Å². The van der Waals surface area contributed by atoms with Crippen molar-refractivity contribution in [3.63, 3.8) is 0 Å². The molecule has 0 aromatic heterocycles. The van der Waals surface area contributed by atoms with Crippen molar-refractivity contribution in [3.05, 3.63) is 88.4 Å². The molecule has 0 unspecified atom stereocenters. The Morgan fingerprint density at radius 2 is 1.68 bits per heavy atom. The average Bonchev–Trinajstić information content (AvgIpc) is 2.80. The van der Waals surface area contributed by atoms with Gasteiger partial charge in [0.05, 0.1) is 22.8 Å². The molecule has 0 bridgehead atoms. The fraction of sp³-hybridized carbons (Fsp3) is 0.200. The standard InChI is InChI=1S/C25H25ClN2O5S/c1-4-33-25(30)19-7-5-8-20(15-19)27-24(29)16-28(23-10-6-9-22(26)18(23)3)34(31,32)21-13-11-17(2)12-14-21/h5-15H,4,16H2,1-3H3,(H,27,29). The van der Waals surface area contributed by atoms with E-state index in [4.69, 9.17) is 16.3 Å². The summed E-state index contributed by atoms with van der Waals surface area (Å²) in [6.45, 7) is 4.97. The van der Waals surface area contributed by atoms with Gasteiger partial charge in [-0.15, -0.1) is 0 Å². The highest BCUT2D eigenvalue weighted by atomic mass is 35.5. The number of nitrogens with one attached hydrogen (secondary N) is 1. The van der Waals surface area contributed by atoms with Crippen molar-refractivity contribution in [1.29, 1.82) is 0 Å². The van der Waals surface area contributed by atoms with Crippen molar-refractivity contribution in [2.45, 2.75) is 25.7 Å². The van der Waals surface area contributed by atoms with Crippen molar-refractivity contribution in [1.82, 2.24) is 0 Å². The minimum absolute atomic E-state index is 0.0505. The number of ether oxygens (including phenoxy) is 1. The van der Waals surface area contributed by atoms with E-state index in [9.17, 15) is 18.0 Å². The monoisotopic (exact) mass is 500 g/mol. The smallest absolute Gasteiger partial charge is 0.338 e. The lowest BCUT2D eigenvalue weighted by atomic mass is 10.2. The van der Waals surface area contributed by atoms with Crippen LogP contribution >= 0.6 is 11.6 Å². The number of nitrogens with zero attached hydrogens (tertiary/aromatic N) is 1. The third-order valence-corrected chi connectivity index (χ3v) is 7.24. The number of aryl methyl sites for hydroxylation is 1. The Kier molecular flexibility index (Phi) is 7.96. The lowest BCUT2D eigenvalue weighted by Gasteiger charge is -2.26. The van der Waals surface area contributed by atoms with E-state index in [2.05, 4.69) is 5.32 Å². The normalized spacial score (nSPS) is 11.1. The van der Waals surface area contributed by atoms with Crippen molar-refractivity contribution >= 4 is 44.9 Å². The molecular weight excluding hydrogens is 476 g/mol. The van der Waals surface area contributed by atoms with E-state index in [1.54, 1.807) is 62.4 Å². The predicted molar refractivity (Wildman–Crippen MR) is 133 cm³/mol. The maximum Gasteiger partial charge on any atom is 0.338 e. The van der Waals surface area contributed by atoms with Crippen LogP contribution in [-0.2, 0) is 19.6 Å². The number of hydrogen-bond acceptors (Lipinski definition) is 5. The molecule has 0 saturated heterocycles. The van der Waals surface area contributed by atoms with Crippen molar-refractivity contribution in [2.24, 2.45) is 0 Å². The quantitative estimate of drug-likeness (QED) is 0.441. The lowest BCUT2D eigenvalue weighted by Crippen LogP contribution is -2.38. The summed E-state index contributed by atoms with van der Waals surface area (Å²) in [5.74, 6) is -1.10. The maximum absolute atomic E-state index is 13.6. The second-order valence-electron chi connectivity index (χ2n) is 7.56. The van der Waals surface area contributed by atoms with E-state index in [1.165, 1.54) is 18.2 Å².